The van der Waals surface area contributed by atoms with Gasteiger partial charge in [0.15, 0.2) is 5.82 Å². The molecule has 4 amide bonds. The number of imide groups is 1. The highest BCUT2D eigenvalue weighted by molar-refractivity contribution is 6.16. The van der Waals surface area contributed by atoms with Crippen LogP contribution in [0.25, 0.3) is 22.2 Å². The molecule has 2 aromatic carbocycles. The third-order valence-electron chi connectivity index (χ3n) is 10.2. The van der Waals surface area contributed by atoms with Crippen molar-refractivity contribution in [2.24, 2.45) is 0 Å². The lowest BCUT2D eigenvalue weighted by Crippen LogP contribution is -2.44. The van der Waals surface area contributed by atoms with E-state index in [2.05, 4.69) is 25.5 Å². The number of alkyl halides is 3. The number of halogens is 3. The maximum atomic E-state index is 14.3. The maximum absolute atomic E-state index is 14.3. The van der Waals surface area contributed by atoms with Crippen LogP contribution < -0.4 is 25.0 Å². The van der Waals surface area contributed by atoms with Crippen LogP contribution in [0.5, 0.6) is 11.5 Å². The molecule has 1 saturated carbocycles. The average Bonchev–Trinajstić information content (AvgIpc) is 3.80. The largest absolute Gasteiger partial charge is 0.490 e. The minimum Gasteiger partial charge on any atom is -0.490 e. The molecule has 4 heterocycles. The number of carbonyl (C=O) groups is 3. The van der Waals surface area contributed by atoms with Gasteiger partial charge in [-0.15, -0.1) is 0 Å². The molecule has 0 atom stereocenters. The van der Waals surface area contributed by atoms with Crippen molar-refractivity contribution in [1.82, 2.24) is 19.4 Å². The smallest absolute Gasteiger partial charge is 0.425 e. The number of benzene rings is 2. The molecule has 322 valence electrons. The van der Waals surface area contributed by atoms with Crippen molar-refractivity contribution in [3.8, 4) is 22.6 Å². The van der Waals surface area contributed by atoms with Crippen LogP contribution in [0.1, 0.15) is 98.2 Å². The summed E-state index contributed by atoms with van der Waals surface area (Å²) in [4.78, 5) is 53.2. The van der Waals surface area contributed by atoms with Crippen molar-refractivity contribution < 1.29 is 46.5 Å². The van der Waals surface area contributed by atoms with Crippen LogP contribution in [0.3, 0.4) is 0 Å². The molecule has 14 nitrogen and oxygen atoms in total. The first-order valence-corrected chi connectivity index (χ1v) is 20.1. The second-order valence-electron chi connectivity index (χ2n) is 18.3. The summed E-state index contributed by atoms with van der Waals surface area (Å²) >= 11 is 0. The van der Waals surface area contributed by atoms with Crippen LogP contribution in [0.15, 0.2) is 42.9 Å². The fraction of sp³-hybridized carbons (Fsp3) is 0.512. The number of carbonyl (C=O) groups excluding carboxylic acids is 3. The van der Waals surface area contributed by atoms with Gasteiger partial charge in [0.25, 0.3) is 0 Å². The summed E-state index contributed by atoms with van der Waals surface area (Å²) in [6, 6.07) is 6.23. The summed E-state index contributed by atoms with van der Waals surface area (Å²) in [6.07, 6.45) is -0.438. The first kappa shape index (κ1) is 42.5. The van der Waals surface area contributed by atoms with E-state index in [9.17, 15) is 27.6 Å². The number of nitrogens with zero attached hydrogens (tertiary/aromatic N) is 5. The summed E-state index contributed by atoms with van der Waals surface area (Å²) in [5, 5.41) is 5.71. The van der Waals surface area contributed by atoms with Gasteiger partial charge in [-0.05, 0) is 118 Å². The molecule has 17 heteroatoms. The Morgan fingerprint density at radius 2 is 1.53 bits per heavy atom. The van der Waals surface area contributed by atoms with E-state index in [4.69, 9.17) is 18.9 Å². The normalized spacial score (nSPS) is 17.1. The standard InChI is InChI=1S/C43H52F3N7O7/c1-40(2,3)59-38(55)53(39(56)60-41(4,5)6)36-33-29(22-52(25-11-12-25)35(33)47-23-48-36)27-13-14-31(34-28(27)21-42(7,8)58-34)50-37(54)49-24-10-15-32(30(20-24)43(44,45)46)57-26-16-18-51(9)19-17-26/h10,13-15,20,22-23,25-26H,11-12,16-19,21H2,1-9H3,(H2,49,50,54). The molecular weight excluding hydrogens is 784 g/mol. The topological polar surface area (TPSA) is 149 Å². The van der Waals surface area contributed by atoms with Gasteiger partial charge < -0.3 is 39.0 Å². The van der Waals surface area contributed by atoms with Gasteiger partial charge >= 0.3 is 24.4 Å². The number of ether oxygens (including phenoxy) is 4. The summed E-state index contributed by atoms with van der Waals surface area (Å²) in [5.74, 6) is 0.0312. The molecule has 2 aliphatic heterocycles. The van der Waals surface area contributed by atoms with Crippen LogP contribution in [-0.4, -0.2) is 80.7 Å². The number of rotatable bonds is 7. The minimum absolute atomic E-state index is 0.0348. The van der Waals surface area contributed by atoms with Crippen LogP contribution >= 0.6 is 0 Å². The van der Waals surface area contributed by atoms with Crippen molar-refractivity contribution in [3.05, 3.63) is 54.0 Å². The molecule has 2 N–H and O–H groups in total. The lowest BCUT2D eigenvalue weighted by molar-refractivity contribution is -0.139. The zero-order valence-electron chi connectivity index (χ0n) is 35.4. The van der Waals surface area contributed by atoms with Gasteiger partial charge in [0, 0.05) is 48.6 Å². The fourth-order valence-corrected chi connectivity index (χ4v) is 7.44. The Balaban J connectivity index is 1.25. The highest BCUT2D eigenvalue weighted by Gasteiger charge is 2.40. The van der Waals surface area contributed by atoms with Crippen molar-refractivity contribution in [2.45, 2.75) is 123 Å². The number of nitrogens with one attached hydrogen (secondary N) is 2. The molecule has 60 heavy (non-hydrogen) atoms. The zero-order chi connectivity index (χ0) is 43.5. The second-order valence-corrected chi connectivity index (χ2v) is 18.3. The van der Waals surface area contributed by atoms with Crippen molar-refractivity contribution in [2.75, 3.05) is 35.7 Å². The predicted molar refractivity (Wildman–Crippen MR) is 220 cm³/mol. The molecule has 0 radical (unpaired) electrons. The summed E-state index contributed by atoms with van der Waals surface area (Å²) in [5.41, 5.74) is -0.977. The fourth-order valence-electron chi connectivity index (χ4n) is 7.44. The van der Waals surface area contributed by atoms with Gasteiger partial charge in [-0.25, -0.2) is 24.4 Å². The molecule has 0 unspecified atom stereocenters. The lowest BCUT2D eigenvalue weighted by atomic mass is 9.93. The number of hydrogen-bond donors (Lipinski definition) is 2. The Kier molecular flexibility index (Phi) is 11.0. The first-order chi connectivity index (χ1) is 28.0. The molecule has 2 fully saturated rings. The number of anilines is 3. The molecule has 3 aliphatic rings. The second kappa shape index (κ2) is 15.5. The highest BCUT2D eigenvalue weighted by Crippen LogP contribution is 2.50. The molecule has 1 saturated heterocycles. The van der Waals surface area contributed by atoms with Gasteiger partial charge in [0.2, 0.25) is 0 Å². The number of likely N-dealkylation sites (tertiary alicyclic amines) is 1. The van der Waals surface area contributed by atoms with E-state index in [1.165, 1.54) is 18.5 Å². The van der Waals surface area contributed by atoms with Crippen LogP contribution in [-0.2, 0) is 22.1 Å². The third-order valence-corrected chi connectivity index (χ3v) is 10.2. The Bertz CT molecular complexity index is 2290. The van der Waals surface area contributed by atoms with E-state index in [1.54, 1.807) is 53.7 Å². The number of piperidine rings is 1. The minimum atomic E-state index is -4.73. The van der Waals surface area contributed by atoms with Crippen molar-refractivity contribution >= 4 is 46.4 Å². The number of amides is 4. The number of urea groups is 1. The van der Waals surface area contributed by atoms with E-state index in [-0.39, 0.29) is 35.1 Å². The predicted octanol–water partition coefficient (Wildman–Crippen LogP) is 9.96. The van der Waals surface area contributed by atoms with E-state index in [0.717, 1.165) is 36.9 Å². The molecular formula is C43H52F3N7O7. The quantitative estimate of drug-likeness (QED) is 0.184. The number of aromatic nitrogens is 3. The van der Waals surface area contributed by atoms with Crippen molar-refractivity contribution in [3.63, 3.8) is 0 Å². The van der Waals surface area contributed by atoms with Gasteiger partial charge in [-0.1, -0.05) is 6.07 Å². The Hall–Kier alpha value is -5.58. The van der Waals surface area contributed by atoms with Gasteiger partial charge in [0.05, 0.1) is 16.6 Å². The molecule has 1 aliphatic carbocycles. The Morgan fingerprint density at radius 3 is 2.13 bits per heavy atom. The van der Waals surface area contributed by atoms with E-state index in [0.29, 0.717) is 52.7 Å². The zero-order valence-corrected chi connectivity index (χ0v) is 35.4. The molecule has 4 aromatic rings. The van der Waals surface area contributed by atoms with E-state index < -0.39 is 46.8 Å². The van der Waals surface area contributed by atoms with Crippen LogP contribution in [0.2, 0.25) is 0 Å². The highest BCUT2D eigenvalue weighted by atomic mass is 19.4. The third kappa shape index (κ3) is 9.40. The molecule has 0 spiro atoms. The summed E-state index contributed by atoms with van der Waals surface area (Å²) in [7, 11) is 1.96. The molecule has 7 rings (SSSR count). The van der Waals surface area contributed by atoms with Gasteiger partial charge in [0.1, 0.15) is 46.4 Å². The molecule has 0 bridgehead atoms. The monoisotopic (exact) mass is 835 g/mol. The molecule has 2 aromatic heterocycles. The van der Waals surface area contributed by atoms with Crippen molar-refractivity contribution in [1.29, 1.82) is 0 Å². The van der Waals surface area contributed by atoms with Crippen LogP contribution in [0, 0.1) is 0 Å². The van der Waals surface area contributed by atoms with Crippen LogP contribution in [0.4, 0.5) is 44.7 Å². The Morgan fingerprint density at radius 1 is 0.883 bits per heavy atom. The first-order valence-electron chi connectivity index (χ1n) is 20.1. The van der Waals surface area contributed by atoms with E-state index in [1.807, 2.05) is 31.7 Å². The summed E-state index contributed by atoms with van der Waals surface area (Å²) in [6.45, 7) is 15.3. The SMILES string of the molecule is CN1CCC(Oc2ccc(NC(=O)Nc3ccc(-c4cn(C5CC5)c5ncnc(N(C(=O)OC(C)(C)C)C(=O)OC(C)(C)C)c45)c4c3OC(C)(C)C4)cc2C(F)(F)F)CC1. The lowest BCUT2D eigenvalue weighted by Gasteiger charge is -2.30. The van der Waals surface area contributed by atoms with Gasteiger partial charge in [-0.3, -0.25) is 0 Å². The van der Waals surface area contributed by atoms with E-state index >= 15 is 0 Å². The number of hydrogen-bond acceptors (Lipinski definition) is 10. The Labute approximate surface area is 346 Å². The number of fused-ring (bicyclic) bond motifs is 2. The van der Waals surface area contributed by atoms with Gasteiger partial charge in [-0.2, -0.15) is 18.1 Å². The maximum Gasteiger partial charge on any atom is 0.425 e. The average molecular weight is 836 g/mol. The summed E-state index contributed by atoms with van der Waals surface area (Å²) < 4.78 is 68.4.